The number of nitrogens with two attached hydrogens (primary N) is 1. The van der Waals surface area contributed by atoms with E-state index in [2.05, 4.69) is 4.90 Å². The molecule has 14 heavy (non-hydrogen) atoms. The van der Waals surface area contributed by atoms with Gasteiger partial charge in [-0.15, -0.1) is 0 Å². The van der Waals surface area contributed by atoms with Gasteiger partial charge in [0.05, 0.1) is 10.9 Å². The molecule has 1 aliphatic rings. The standard InChI is InChI=1S/C9H16N2O2S/c10-8(14)3-5-11-4-1-2-7(6-11)9(12)13/h7H,1-6H2,(H2,10,14)(H,12,13). The molecule has 0 saturated carbocycles. The molecule has 0 aliphatic carbocycles. The fraction of sp³-hybridized carbons (Fsp3) is 0.778. The molecule has 0 aromatic rings. The average molecular weight is 216 g/mol. The van der Waals surface area contributed by atoms with Crippen molar-refractivity contribution in [3.05, 3.63) is 0 Å². The minimum Gasteiger partial charge on any atom is -0.481 e. The smallest absolute Gasteiger partial charge is 0.307 e. The highest BCUT2D eigenvalue weighted by Gasteiger charge is 2.24. The molecule has 1 fully saturated rings. The van der Waals surface area contributed by atoms with Gasteiger partial charge in [0.15, 0.2) is 0 Å². The second-order valence-corrected chi connectivity index (χ2v) is 4.22. The van der Waals surface area contributed by atoms with Crippen LogP contribution < -0.4 is 5.73 Å². The van der Waals surface area contributed by atoms with Gasteiger partial charge < -0.3 is 15.7 Å². The normalized spacial score (nSPS) is 23.3. The van der Waals surface area contributed by atoms with E-state index in [0.29, 0.717) is 18.0 Å². The van der Waals surface area contributed by atoms with Crippen LogP contribution in [0.2, 0.25) is 0 Å². The topological polar surface area (TPSA) is 66.6 Å². The van der Waals surface area contributed by atoms with Gasteiger partial charge in [0, 0.05) is 19.5 Å². The van der Waals surface area contributed by atoms with Crippen LogP contribution in [0.25, 0.3) is 0 Å². The highest BCUT2D eigenvalue weighted by molar-refractivity contribution is 7.80. The molecule has 0 aromatic heterocycles. The van der Waals surface area contributed by atoms with E-state index in [1.54, 1.807) is 0 Å². The van der Waals surface area contributed by atoms with E-state index in [1.165, 1.54) is 0 Å². The predicted molar refractivity (Wildman–Crippen MR) is 58.2 cm³/mol. The van der Waals surface area contributed by atoms with E-state index in [4.69, 9.17) is 23.1 Å². The van der Waals surface area contributed by atoms with Crippen LogP contribution in [-0.4, -0.2) is 40.6 Å². The van der Waals surface area contributed by atoms with Crippen LogP contribution in [0, 0.1) is 5.92 Å². The number of carboxylic acids is 1. The monoisotopic (exact) mass is 216 g/mol. The highest BCUT2D eigenvalue weighted by atomic mass is 32.1. The van der Waals surface area contributed by atoms with Crippen LogP contribution >= 0.6 is 12.2 Å². The minimum atomic E-state index is -0.690. The molecule has 0 radical (unpaired) electrons. The van der Waals surface area contributed by atoms with Gasteiger partial charge in [-0.25, -0.2) is 0 Å². The Balaban J connectivity index is 2.32. The molecule has 5 heteroatoms. The van der Waals surface area contributed by atoms with Crippen LogP contribution in [-0.2, 0) is 4.79 Å². The van der Waals surface area contributed by atoms with Crippen molar-refractivity contribution in [2.24, 2.45) is 11.7 Å². The number of hydrogen-bond donors (Lipinski definition) is 2. The van der Waals surface area contributed by atoms with Gasteiger partial charge in [-0.2, -0.15) is 0 Å². The van der Waals surface area contributed by atoms with Crippen molar-refractivity contribution < 1.29 is 9.90 Å². The molecule has 3 N–H and O–H groups in total. The van der Waals surface area contributed by atoms with Crippen LogP contribution in [0.4, 0.5) is 0 Å². The first-order chi connectivity index (χ1) is 6.59. The molecule has 0 aromatic carbocycles. The lowest BCUT2D eigenvalue weighted by Crippen LogP contribution is -2.39. The summed E-state index contributed by atoms with van der Waals surface area (Å²) in [6, 6.07) is 0. The second kappa shape index (κ2) is 5.26. The summed E-state index contributed by atoms with van der Waals surface area (Å²) in [5, 5.41) is 8.86. The van der Waals surface area contributed by atoms with Crippen molar-refractivity contribution in [2.45, 2.75) is 19.3 Å². The maximum Gasteiger partial charge on any atom is 0.307 e. The molecule has 1 atom stereocenters. The van der Waals surface area contributed by atoms with E-state index < -0.39 is 5.97 Å². The summed E-state index contributed by atoms with van der Waals surface area (Å²) in [5.74, 6) is -0.903. The van der Waals surface area contributed by atoms with Crippen LogP contribution in [0.15, 0.2) is 0 Å². The summed E-state index contributed by atoms with van der Waals surface area (Å²) in [6.45, 7) is 2.39. The van der Waals surface area contributed by atoms with E-state index in [0.717, 1.165) is 25.9 Å². The van der Waals surface area contributed by atoms with Gasteiger partial charge in [-0.05, 0) is 19.4 Å². The Morgan fingerprint density at radius 1 is 1.64 bits per heavy atom. The zero-order chi connectivity index (χ0) is 10.6. The number of likely N-dealkylation sites (tertiary alicyclic amines) is 1. The van der Waals surface area contributed by atoms with Crippen molar-refractivity contribution in [2.75, 3.05) is 19.6 Å². The highest BCUT2D eigenvalue weighted by Crippen LogP contribution is 2.16. The van der Waals surface area contributed by atoms with Crippen LogP contribution in [0.3, 0.4) is 0 Å². The zero-order valence-corrected chi connectivity index (χ0v) is 8.92. The number of rotatable bonds is 4. The Labute approximate surface area is 89.1 Å². The van der Waals surface area contributed by atoms with Crippen molar-refractivity contribution in [3.63, 3.8) is 0 Å². The number of piperidine rings is 1. The number of nitrogens with zero attached hydrogens (tertiary/aromatic N) is 1. The molecule has 0 bridgehead atoms. The van der Waals surface area contributed by atoms with Gasteiger partial charge >= 0.3 is 5.97 Å². The quantitative estimate of drug-likeness (QED) is 0.668. The minimum absolute atomic E-state index is 0.213. The average Bonchev–Trinajstić information content (AvgIpc) is 2.15. The maximum absolute atomic E-state index is 10.8. The zero-order valence-electron chi connectivity index (χ0n) is 8.11. The fourth-order valence-corrected chi connectivity index (χ4v) is 1.82. The number of hydrogen-bond acceptors (Lipinski definition) is 3. The summed E-state index contributed by atoms with van der Waals surface area (Å²) in [5.41, 5.74) is 5.39. The van der Waals surface area contributed by atoms with E-state index in [-0.39, 0.29) is 5.92 Å². The molecular formula is C9H16N2O2S. The molecule has 1 rings (SSSR count). The summed E-state index contributed by atoms with van der Waals surface area (Å²) in [4.78, 5) is 13.4. The van der Waals surface area contributed by atoms with Gasteiger partial charge in [0.2, 0.25) is 0 Å². The molecule has 0 spiro atoms. The molecular weight excluding hydrogens is 200 g/mol. The lowest BCUT2D eigenvalue weighted by Gasteiger charge is -2.30. The van der Waals surface area contributed by atoms with Crippen molar-refractivity contribution >= 4 is 23.2 Å². The Kier molecular flexibility index (Phi) is 4.28. The van der Waals surface area contributed by atoms with Gasteiger partial charge in [-0.1, -0.05) is 12.2 Å². The molecule has 1 unspecified atom stereocenters. The predicted octanol–water partition coefficient (Wildman–Crippen LogP) is 0.459. The third-order valence-corrected chi connectivity index (χ3v) is 2.73. The summed E-state index contributed by atoms with van der Waals surface area (Å²) in [7, 11) is 0. The lowest BCUT2D eigenvalue weighted by molar-refractivity contribution is -0.143. The first-order valence-corrected chi connectivity index (χ1v) is 5.24. The van der Waals surface area contributed by atoms with Crippen molar-refractivity contribution in [1.29, 1.82) is 0 Å². The van der Waals surface area contributed by atoms with Gasteiger partial charge in [0.25, 0.3) is 0 Å². The summed E-state index contributed by atoms with van der Waals surface area (Å²) in [6.07, 6.45) is 2.43. The van der Waals surface area contributed by atoms with E-state index in [9.17, 15) is 4.79 Å². The van der Waals surface area contributed by atoms with Crippen LogP contribution in [0.1, 0.15) is 19.3 Å². The molecule has 1 saturated heterocycles. The number of carboxylic acid groups (broad SMARTS) is 1. The third kappa shape index (κ3) is 3.59. The Hall–Kier alpha value is -0.680. The molecule has 1 heterocycles. The molecule has 4 nitrogen and oxygen atoms in total. The number of aliphatic carboxylic acids is 1. The second-order valence-electron chi connectivity index (χ2n) is 3.69. The SMILES string of the molecule is NC(=S)CCN1CCCC(C(=O)O)C1. The van der Waals surface area contributed by atoms with E-state index >= 15 is 0 Å². The number of carbonyl (C=O) groups is 1. The van der Waals surface area contributed by atoms with E-state index in [1.807, 2.05) is 0 Å². The molecule has 0 amide bonds. The maximum atomic E-state index is 10.8. The Bertz CT molecular complexity index is 233. The van der Waals surface area contributed by atoms with Crippen molar-refractivity contribution in [3.8, 4) is 0 Å². The summed E-state index contributed by atoms with van der Waals surface area (Å²) < 4.78 is 0. The molecule has 1 aliphatic heterocycles. The van der Waals surface area contributed by atoms with Gasteiger partial charge in [-0.3, -0.25) is 4.79 Å². The largest absolute Gasteiger partial charge is 0.481 e. The third-order valence-electron chi connectivity index (χ3n) is 2.53. The van der Waals surface area contributed by atoms with Crippen LogP contribution in [0.5, 0.6) is 0 Å². The van der Waals surface area contributed by atoms with Crippen molar-refractivity contribution in [1.82, 2.24) is 4.90 Å². The fourth-order valence-electron chi connectivity index (χ4n) is 1.73. The van der Waals surface area contributed by atoms with Gasteiger partial charge in [0.1, 0.15) is 0 Å². The lowest BCUT2D eigenvalue weighted by atomic mass is 9.98. The Morgan fingerprint density at radius 2 is 2.36 bits per heavy atom. The summed E-state index contributed by atoms with van der Waals surface area (Å²) >= 11 is 4.78. The first-order valence-electron chi connectivity index (χ1n) is 4.83. The first kappa shape index (κ1) is 11.4. The number of thiocarbonyl (C=S) groups is 1. The molecule has 80 valence electrons. The Morgan fingerprint density at radius 3 is 2.93 bits per heavy atom.